The molecule has 0 saturated heterocycles. The number of halogens is 2. The van der Waals surface area contributed by atoms with Gasteiger partial charge >= 0.3 is 0 Å². The molecule has 0 spiro atoms. The molecule has 1 aromatic heterocycles. The zero-order chi connectivity index (χ0) is 24.9. The Morgan fingerprint density at radius 2 is 1.89 bits per heavy atom. The van der Waals surface area contributed by atoms with Gasteiger partial charge in [-0.05, 0) is 66.9 Å². The Hall–Kier alpha value is -2.88. The minimum absolute atomic E-state index is 0.292. The Morgan fingerprint density at radius 1 is 1.11 bits per heavy atom. The fourth-order valence-corrected chi connectivity index (χ4v) is 5.21. The van der Waals surface area contributed by atoms with E-state index in [9.17, 15) is 10.1 Å². The lowest BCUT2D eigenvalue weighted by Gasteiger charge is -2.16. The van der Waals surface area contributed by atoms with Crippen LogP contribution < -0.4 is 4.74 Å². The molecule has 0 unspecified atom stereocenters. The summed E-state index contributed by atoms with van der Waals surface area (Å²) in [6, 6.07) is 21.0. The molecule has 3 aromatic carbocycles. The second-order valence-corrected chi connectivity index (χ2v) is 10.4. The highest BCUT2D eigenvalue weighted by Gasteiger charge is 2.24. The quantitative estimate of drug-likeness (QED) is 0.122. The summed E-state index contributed by atoms with van der Waals surface area (Å²) < 4.78 is 8.77. The number of rotatable bonds is 9. The van der Waals surface area contributed by atoms with E-state index < -0.39 is 5.25 Å². The summed E-state index contributed by atoms with van der Waals surface area (Å²) in [6.07, 6.45) is 0. The summed E-state index contributed by atoms with van der Waals surface area (Å²) in [4.78, 5) is 11.2. The number of aromatic nitrogens is 3. The van der Waals surface area contributed by atoms with Crippen molar-refractivity contribution in [3.8, 4) is 11.4 Å². The molecule has 4 rings (SSSR count). The van der Waals surface area contributed by atoms with E-state index in [1.165, 1.54) is 11.8 Å². The topological polar surface area (TPSA) is 83.1 Å². The molecule has 35 heavy (non-hydrogen) atoms. The monoisotopic (exact) mass is 572 g/mol. The van der Waals surface area contributed by atoms with Crippen molar-refractivity contribution in [1.29, 1.82) is 0 Å². The van der Waals surface area contributed by atoms with E-state index in [1.54, 1.807) is 12.1 Å². The number of nitrogens with zero attached hydrogens (tertiary/aromatic N) is 4. The van der Waals surface area contributed by atoms with E-state index in [0.717, 1.165) is 21.3 Å². The van der Waals surface area contributed by atoms with Crippen molar-refractivity contribution in [3.05, 3.63) is 109 Å². The van der Waals surface area contributed by atoms with Gasteiger partial charge in [0.2, 0.25) is 6.54 Å². The number of thioether (sulfide) groups is 1. The maximum Gasteiger partial charge on any atom is 0.220 e. The van der Waals surface area contributed by atoms with Gasteiger partial charge in [-0.2, -0.15) is 0 Å². The van der Waals surface area contributed by atoms with Crippen molar-refractivity contribution in [2.45, 2.75) is 30.9 Å². The van der Waals surface area contributed by atoms with Gasteiger partial charge in [-0.15, -0.1) is 10.2 Å². The van der Waals surface area contributed by atoms with E-state index >= 15 is 0 Å². The highest BCUT2D eigenvalue weighted by molar-refractivity contribution is 9.10. The van der Waals surface area contributed by atoms with Crippen molar-refractivity contribution < 1.29 is 9.66 Å². The molecular formula is C25H22BrClN4O3S. The third-order valence-electron chi connectivity index (χ3n) is 5.25. The summed E-state index contributed by atoms with van der Waals surface area (Å²) in [5.41, 5.74) is 3.72. The second-order valence-electron chi connectivity index (χ2n) is 7.93. The molecule has 4 aromatic rings. The standard InChI is InChI=1S/C25H22BrClN4O3S/c1-16-4-3-5-21(12-16)31-17(2)28-29-25(31)35-24(14-30(32)33)19-8-11-23(22(27)13-19)34-15-18-6-9-20(26)10-7-18/h3-13,24H,14-15H2,1-2H3/t24-/m1/s1. The molecule has 0 fully saturated rings. The Balaban J connectivity index is 1.57. The van der Waals surface area contributed by atoms with Gasteiger partial charge in [-0.25, -0.2) is 0 Å². The number of benzene rings is 3. The summed E-state index contributed by atoms with van der Waals surface area (Å²) >= 11 is 11.2. The Bertz CT molecular complexity index is 1350. The zero-order valence-electron chi connectivity index (χ0n) is 19.0. The van der Waals surface area contributed by atoms with Gasteiger partial charge in [-0.1, -0.05) is 69.6 Å². The number of nitro groups is 1. The SMILES string of the molecule is Cc1cccc(-n2c(C)nnc2S[C@H](C[N+](=O)[O-])c2ccc(OCc3ccc(Br)cc3)c(Cl)c2)c1. The van der Waals surface area contributed by atoms with Crippen LogP contribution in [-0.4, -0.2) is 26.2 Å². The summed E-state index contributed by atoms with van der Waals surface area (Å²) in [6.45, 7) is 3.93. The van der Waals surface area contributed by atoms with Crippen molar-refractivity contribution in [2.75, 3.05) is 6.54 Å². The normalized spacial score (nSPS) is 11.9. The number of hydrogen-bond donors (Lipinski definition) is 0. The van der Waals surface area contributed by atoms with E-state index in [1.807, 2.05) is 73.0 Å². The van der Waals surface area contributed by atoms with Gasteiger partial charge in [0.25, 0.3) is 0 Å². The second kappa shape index (κ2) is 11.2. The number of aryl methyl sites for hydroxylation is 2. The van der Waals surface area contributed by atoms with Crippen LogP contribution in [0.25, 0.3) is 5.69 Å². The van der Waals surface area contributed by atoms with Crippen LogP contribution in [0.4, 0.5) is 0 Å². The van der Waals surface area contributed by atoms with Crippen molar-refractivity contribution >= 4 is 39.3 Å². The lowest BCUT2D eigenvalue weighted by Crippen LogP contribution is -2.11. The van der Waals surface area contributed by atoms with Gasteiger partial charge in [-0.3, -0.25) is 14.7 Å². The minimum Gasteiger partial charge on any atom is -0.487 e. The first-order valence-corrected chi connectivity index (χ1v) is 12.8. The van der Waals surface area contributed by atoms with E-state index in [-0.39, 0.29) is 11.5 Å². The minimum atomic E-state index is -0.518. The highest BCUT2D eigenvalue weighted by atomic mass is 79.9. The van der Waals surface area contributed by atoms with Crippen molar-refractivity contribution in [3.63, 3.8) is 0 Å². The molecule has 0 saturated carbocycles. The maximum atomic E-state index is 11.5. The van der Waals surface area contributed by atoms with Crippen LogP contribution in [-0.2, 0) is 6.61 Å². The fourth-order valence-electron chi connectivity index (χ4n) is 3.53. The zero-order valence-corrected chi connectivity index (χ0v) is 22.2. The molecule has 10 heteroatoms. The van der Waals surface area contributed by atoms with Crippen LogP contribution in [0.1, 0.15) is 27.8 Å². The predicted octanol–water partition coefficient (Wildman–Crippen LogP) is 6.99. The van der Waals surface area contributed by atoms with E-state index in [2.05, 4.69) is 26.1 Å². The Morgan fingerprint density at radius 3 is 2.57 bits per heavy atom. The summed E-state index contributed by atoms with van der Waals surface area (Å²) in [5.74, 6) is 1.22. The largest absolute Gasteiger partial charge is 0.487 e. The van der Waals surface area contributed by atoms with Crippen LogP contribution in [0.15, 0.2) is 76.4 Å². The number of ether oxygens (including phenoxy) is 1. The molecule has 0 aliphatic carbocycles. The van der Waals surface area contributed by atoms with Crippen LogP contribution >= 0.6 is 39.3 Å². The Labute approximate surface area is 220 Å². The van der Waals surface area contributed by atoms with E-state index in [4.69, 9.17) is 16.3 Å². The van der Waals surface area contributed by atoms with Crippen LogP contribution in [0, 0.1) is 24.0 Å². The Kier molecular flexibility index (Phi) is 8.10. The third-order valence-corrected chi connectivity index (χ3v) is 7.26. The first-order valence-electron chi connectivity index (χ1n) is 10.7. The molecule has 0 amide bonds. The lowest BCUT2D eigenvalue weighted by molar-refractivity contribution is -0.479. The first-order chi connectivity index (χ1) is 16.8. The van der Waals surface area contributed by atoms with E-state index in [0.29, 0.717) is 33.9 Å². The van der Waals surface area contributed by atoms with Crippen molar-refractivity contribution in [1.82, 2.24) is 14.8 Å². The van der Waals surface area contributed by atoms with Gasteiger partial charge < -0.3 is 4.74 Å². The molecule has 0 bridgehead atoms. The summed E-state index contributed by atoms with van der Waals surface area (Å²) in [7, 11) is 0. The lowest BCUT2D eigenvalue weighted by atomic mass is 10.1. The maximum absolute atomic E-state index is 11.5. The first kappa shape index (κ1) is 25.2. The fraction of sp³-hybridized carbons (Fsp3) is 0.200. The van der Waals surface area contributed by atoms with Gasteiger partial charge in [0.1, 0.15) is 23.4 Å². The average Bonchev–Trinajstić information content (AvgIpc) is 3.18. The summed E-state index contributed by atoms with van der Waals surface area (Å²) in [5, 5.41) is 20.5. The van der Waals surface area contributed by atoms with Crippen molar-refractivity contribution in [2.24, 2.45) is 0 Å². The van der Waals surface area contributed by atoms with Gasteiger partial charge in [0.15, 0.2) is 5.16 Å². The van der Waals surface area contributed by atoms with Gasteiger partial charge in [0, 0.05) is 15.1 Å². The van der Waals surface area contributed by atoms with Crippen LogP contribution in [0.5, 0.6) is 5.75 Å². The van der Waals surface area contributed by atoms with Crippen LogP contribution in [0.2, 0.25) is 5.02 Å². The average molecular weight is 574 g/mol. The molecule has 0 aliphatic rings. The van der Waals surface area contributed by atoms with Gasteiger partial charge in [0.05, 0.1) is 5.02 Å². The smallest absolute Gasteiger partial charge is 0.220 e. The number of hydrogen-bond acceptors (Lipinski definition) is 6. The molecule has 1 atom stereocenters. The highest BCUT2D eigenvalue weighted by Crippen LogP contribution is 2.38. The van der Waals surface area contributed by atoms with Crippen LogP contribution in [0.3, 0.4) is 0 Å². The molecule has 7 nitrogen and oxygen atoms in total. The molecule has 0 N–H and O–H groups in total. The molecular weight excluding hydrogens is 552 g/mol. The third kappa shape index (κ3) is 6.42. The molecule has 0 radical (unpaired) electrons. The predicted molar refractivity (Wildman–Crippen MR) is 141 cm³/mol. The molecule has 1 heterocycles. The molecule has 180 valence electrons. The molecule has 0 aliphatic heterocycles.